The number of aromatic amines is 1. The molecule has 1 nitrogen and oxygen atoms in total. The summed E-state index contributed by atoms with van der Waals surface area (Å²) < 4.78 is 0.765. The van der Waals surface area contributed by atoms with Crippen LogP contribution < -0.4 is 0 Å². The van der Waals surface area contributed by atoms with Crippen LogP contribution >= 0.6 is 12.2 Å². The van der Waals surface area contributed by atoms with E-state index in [1.165, 1.54) is 0 Å². The minimum absolute atomic E-state index is 0.765. The van der Waals surface area contributed by atoms with Gasteiger partial charge in [0, 0.05) is 5.69 Å². The van der Waals surface area contributed by atoms with Gasteiger partial charge in [-0.1, -0.05) is 48.6 Å². The molecular weight excluding hydrogens is 178 g/mol. The molecule has 2 heteroatoms. The van der Waals surface area contributed by atoms with E-state index >= 15 is 0 Å². The minimum Gasteiger partial charge on any atom is -0.346 e. The summed E-state index contributed by atoms with van der Waals surface area (Å²) in [5, 5.41) is 0. The highest BCUT2D eigenvalue weighted by atomic mass is 32.1. The Morgan fingerprint density at radius 2 is 1.62 bits per heavy atom. The molecule has 0 atom stereocenters. The van der Waals surface area contributed by atoms with E-state index in [0.717, 1.165) is 15.9 Å². The van der Waals surface area contributed by atoms with Crippen LogP contribution in [-0.2, 0) is 0 Å². The van der Waals surface area contributed by atoms with E-state index in [-0.39, 0.29) is 0 Å². The third-order valence-electron chi connectivity index (χ3n) is 1.85. The molecule has 1 aromatic heterocycles. The van der Waals surface area contributed by atoms with Gasteiger partial charge in [-0.2, -0.15) is 0 Å². The Morgan fingerprint density at radius 1 is 0.846 bits per heavy atom. The van der Waals surface area contributed by atoms with Crippen molar-refractivity contribution < 1.29 is 0 Å². The molecule has 1 N–H and O–H groups in total. The van der Waals surface area contributed by atoms with Crippen LogP contribution in [0.3, 0.4) is 0 Å². The Morgan fingerprint density at radius 3 is 2.31 bits per heavy atom. The van der Waals surface area contributed by atoms with Gasteiger partial charge in [0.15, 0.2) is 0 Å². The van der Waals surface area contributed by atoms with Crippen molar-refractivity contribution in [1.82, 2.24) is 4.98 Å². The van der Waals surface area contributed by atoms with Crippen LogP contribution in [0.15, 0.2) is 48.5 Å². The normalized spacial score (nSPS) is 9.85. The highest BCUT2D eigenvalue weighted by Crippen LogP contribution is 2.14. The molecule has 0 aliphatic rings. The molecule has 0 bridgehead atoms. The molecule has 2 aromatic rings. The maximum Gasteiger partial charge on any atom is 0.103 e. The molecule has 64 valence electrons. The van der Waals surface area contributed by atoms with Gasteiger partial charge in [0.05, 0.1) is 0 Å². The van der Waals surface area contributed by atoms with Crippen LogP contribution in [0.25, 0.3) is 11.3 Å². The first kappa shape index (κ1) is 8.20. The number of pyridine rings is 1. The average Bonchev–Trinajstić information content (AvgIpc) is 2.19. The summed E-state index contributed by atoms with van der Waals surface area (Å²) in [5.41, 5.74) is 2.22. The number of H-pyrrole nitrogens is 1. The summed E-state index contributed by atoms with van der Waals surface area (Å²) in [5.74, 6) is 0. The van der Waals surface area contributed by atoms with Gasteiger partial charge in [0.25, 0.3) is 0 Å². The molecule has 1 aromatic carbocycles. The van der Waals surface area contributed by atoms with Gasteiger partial charge in [0.2, 0.25) is 0 Å². The van der Waals surface area contributed by atoms with Crippen molar-refractivity contribution in [2.75, 3.05) is 0 Å². The van der Waals surface area contributed by atoms with E-state index < -0.39 is 0 Å². The summed E-state index contributed by atoms with van der Waals surface area (Å²) in [6, 6.07) is 16.0. The lowest BCUT2D eigenvalue weighted by molar-refractivity contribution is 1.30. The van der Waals surface area contributed by atoms with Crippen LogP contribution in [-0.4, -0.2) is 4.98 Å². The Kier molecular flexibility index (Phi) is 2.23. The molecule has 13 heavy (non-hydrogen) atoms. The van der Waals surface area contributed by atoms with E-state index in [0.29, 0.717) is 0 Å². The van der Waals surface area contributed by atoms with Crippen LogP contribution in [0, 0.1) is 4.64 Å². The van der Waals surface area contributed by atoms with Crippen molar-refractivity contribution in [2.24, 2.45) is 0 Å². The van der Waals surface area contributed by atoms with Gasteiger partial charge in [-0.15, -0.1) is 0 Å². The molecule has 0 aliphatic carbocycles. The Bertz CT molecular complexity index is 445. The molecule has 0 fully saturated rings. The number of hydrogen-bond donors (Lipinski definition) is 1. The van der Waals surface area contributed by atoms with Crippen LogP contribution in [0.5, 0.6) is 0 Å². The molecular formula is C11H9NS. The van der Waals surface area contributed by atoms with Crippen molar-refractivity contribution in [2.45, 2.75) is 0 Å². The Labute approximate surface area is 82.1 Å². The summed E-state index contributed by atoms with van der Waals surface area (Å²) in [7, 11) is 0. The first-order valence-corrected chi connectivity index (χ1v) is 4.52. The average molecular weight is 187 g/mol. The predicted octanol–water partition coefficient (Wildman–Crippen LogP) is 3.41. The maximum atomic E-state index is 5.04. The number of aromatic nitrogens is 1. The summed E-state index contributed by atoms with van der Waals surface area (Å²) in [6.07, 6.45) is 0. The number of benzene rings is 1. The topological polar surface area (TPSA) is 15.8 Å². The van der Waals surface area contributed by atoms with Crippen LogP contribution in [0.1, 0.15) is 0 Å². The zero-order chi connectivity index (χ0) is 9.10. The molecule has 0 unspecified atom stereocenters. The smallest absolute Gasteiger partial charge is 0.103 e. The fourth-order valence-corrected chi connectivity index (χ4v) is 1.42. The predicted molar refractivity (Wildman–Crippen MR) is 57.1 cm³/mol. The van der Waals surface area contributed by atoms with Gasteiger partial charge in [-0.25, -0.2) is 0 Å². The number of rotatable bonds is 1. The van der Waals surface area contributed by atoms with Gasteiger partial charge in [-0.05, 0) is 17.7 Å². The maximum absolute atomic E-state index is 5.04. The number of hydrogen-bond acceptors (Lipinski definition) is 1. The summed E-state index contributed by atoms with van der Waals surface area (Å²) in [4.78, 5) is 3.14. The van der Waals surface area contributed by atoms with E-state index in [9.17, 15) is 0 Å². The second-order valence-corrected chi connectivity index (χ2v) is 3.23. The fraction of sp³-hybridized carbons (Fsp3) is 0. The standard InChI is InChI=1S/C11H9NS/c13-11-8-4-7-10(12-11)9-5-2-1-3-6-9/h1-8H,(H,12,13). The van der Waals surface area contributed by atoms with Crippen molar-refractivity contribution in [1.29, 1.82) is 0 Å². The SMILES string of the molecule is S=c1cccc(-c2ccccc2)[nH]1. The lowest BCUT2D eigenvalue weighted by atomic mass is 10.1. The van der Waals surface area contributed by atoms with Crippen molar-refractivity contribution >= 4 is 12.2 Å². The van der Waals surface area contributed by atoms with Gasteiger partial charge < -0.3 is 4.98 Å². The first-order valence-electron chi connectivity index (χ1n) is 4.11. The van der Waals surface area contributed by atoms with Gasteiger partial charge in [-0.3, -0.25) is 0 Å². The molecule has 0 spiro atoms. The van der Waals surface area contributed by atoms with E-state index in [4.69, 9.17) is 12.2 Å². The third kappa shape index (κ3) is 1.84. The highest BCUT2D eigenvalue weighted by Gasteiger charge is 1.93. The molecule has 0 aliphatic heterocycles. The van der Waals surface area contributed by atoms with E-state index in [1.54, 1.807) is 0 Å². The molecule has 1 heterocycles. The van der Waals surface area contributed by atoms with Crippen LogP contribution in [0.4, 0.5) is 0 Å². The van der Waals surface area contributed by atoms with Crippen molar-refractivity contribution in [3.63, 3.8) is 0 Å². The molecule has 0 amide bonds. The van der Waals surface area contributed by atoms with Crippen molar-refractivity contribution in [3.05, 3.63) is 53.2 Å². The second-order valence-electron chi connectivity index (χ2n) is 2.79. The molecule has 2 rings (SSSR count). The Balaban J connectivity index is 2.54. The Hall–Kier alpha value is -1.41. The monoisotopic (exact) mass is 187 g/mol. The second kappa shape index (κ2) is 3.54. The molecule has 0 radical (unpaired) electrons. The van der Waals surface area contributed by atoms with Crippen molar-refractivity contribution in [3.8, 4) is 11.3 Å². The van der Waals surface area contributed by atoms with Gasteiger partial charge in [0.1, 0.15) is 4.64 Å². The lowest BCUT2D eigenvalue weighted by Crippen LogP contribution is -1.81. The quantitative estimate of drug-likeness (QED) is 0.676. The zero-order valence-electron chi connectivity index (χ0n) is 7.03. The van der Waals surface area contributed by atoms with Crippen LogP contribution in [0.2, 0.25) is 0 Å². The zero-order valence-corrected chi connectivity index (χ0v) is 7.84. The third-order valence-corrected chi connectivity index (χ3v) is 2.09. The van der Waals surface area contributed by atoms with E-state index in [2.05, 4.69) is 17.1 Å². The number of nitrogens with one attached hydrogen (secondary N) is 1. The lowest BCUT2D eigenvalue weighted by Gasteiger charge is -1.99. The first-order chi connectivity index (χ1) is 6.36. The minimum atomic E-state index is 0.765. The molecule has 0 saturated carbocycles. The fourth-order valence-electron chi connectivity index (χ4n) is 1.23. The largest absolute Gasteiger partial charge is 0.346 e. The highest BCUT2D eigenvalue weighted by molar-refractivity contribution is 7.71. The molecule has 0 saturated heterocycles. The van der Waals surface area contributed by atoms with E-state index in [1.807, 2.05) is 36.4 Å². The summed E-state index contributed by atoms with van der Waals surface area (Å²) >= 11 is 5.04. The summed E-state index contributed by atoms with van der Waals surface area (Å²) in [6.45, 7) is 0. The van der Waals surface area contributed by atoms with Gasteiger partial charge >= 0.3 is 0 Å².